The number of rotatable bonds is 4. The van der Waals surface area contributed by atoms with E-state index in [9.17, 15) is 9.18 Å². The van der Waals surface area contributed by atoms with Gasteiger partial charge in [-0.1, -0.05) is 0 Å². The normalized spacial score (nSPS) is 17.4. The molecule has 18 heavy (non-hydrogen) atoms. The lowest BCUT2D eigenvalue weighted by Crippen LogP contribution is -2.08. The Balaban J connectivity index is 2.18. The zero-order valence-corrected chi connectivity index (χ0v) is 10.7. The lowest BCUT2D eigenvalue weighted by Gasteiger charge is -2.12. The predicted molar refractivity (Wildman–Crippen MR) is 65.3 cm³/mol. The summed E-state index contributed by atoms with van der Waals surface area (Å²) in [5.74, 6) is -0.247. The van der Waals surface area contributed by atoms with Gasteiger partial charge in [0, 0.05) is 0 Å². The zero-order valence-electron chi connectivity index (χ0n) is 10.7. The van der Waals surface area contributed by atoms with Crippen molar-refractivity contribution < 1.29 is 18.7 Å². The monoisotopic (exact) mass is 252 g/mol. The van der Waals surface area contributed by atoms with E-state index in [4.69, 9.17) is 9.47 Å². The fourth-order valence-electron chi connectivity index (χ4n) is 2.48. The second-order valence-corrected chi connectivity index (χ2v) is 4.43. The largest absolute Gasteiger partial charge is 0.494 e. The number of carbonyl (C=O) groups excluding carboxylic acids is 1. The summed E-state index contributed by atoms with van der Waals surface area (Å²) in [4.78, 5) is 11.5. The van der Waals surface area contributed by atoms with Crippen molar-refractivity contribution >= 4 is 5.97 Å². The Morgan fingerprint density at radius 3 is 2.94 bits per heavy atom. The molecule has 0 saturated heterocycles. The molecule has 0 spiro atoms. The summed E-state index contributed by atoms with van der Waals surface area (Å²) in [5.41, 5.74) is 1.99. The highest BCUT2D eigenvalue weighted by molar-refractivity contribution is 5.71. The zero-order chi connectivity index (χ0) is 13.1. The molecule has 0 amide bonds. The van der Waals surface area contributed by atoms with E-state index in [-0.39, 0.29) is 23.5 Å². The molecule has 0 N–H and O–H groups in total. The van der Waals surface area contributed by atoms with Crippen LogP contribution in [0.5, 0.6) is 5.75 Å². The molecule has 0 bridgehead atoms. The maximum atomic E-state index is 13.7. The van der Waals surface area contributed by atoms with E-state index < -0.39 is 0 Å². The number of esters is 1. The minimum absolute atomic E-state index is 0.0689. The van der Waals surface area contributed by atoms with E-state index in [1.807, 2.05) is 0 Å². The Morgan fingerprint density at radius 2 is 2.28 bits per heavy atom. The summed E-state index contributed by atoms with van der Waals surface area (Å²) in [5, 5.41) is 0. The number of methoxy groups -OCH3 is 1. The summed E-state index contributed by atoms with van der Waals surface area (Å²) in [6.07, 6.45) is 2.05. The average molecular weight is 252 g/mol. The molecule has 0 fully saturated rings. The molecule has 0 heterocycles. The quantitative estimate of drug-likeness (QED) is 0.773. The molecule has 2 rings (SSSR count). The molecule has 0 saturated carbocycles. The minimum atomic E-state index is -0.369. The molecule has 1 aliphatic carbocycles. The molecule has 1 atom stereocenters. The van der Waals surface area contributed by atoms with Gasteiger partial charge >= 0.3 is 5.97 Å². The number of halogens is 1. The molecule has 1 aliphatic rings. The second-order valence-electron chi connectivity index (χ2n) is 4.43. The number of hydrogen-bond acceptors (Lipinski definition) is 3. The molecular weight excluding hydrogens is 235 g/mol. The molecule has 0 aromatic heterocycles. The molecule has 0 unspecified atom stereocenters. The van der Waals surface area contributed by atoms with Crippen LogP contribution in [-0.2, 0) is 16.0 Å². The van der Waals surface area contributed by atoms with Gasteiger partial charge in [-0.3, -0.25) is 4.79 Å². The summed E-state index contributed by atoms with van der Waals surface area (Å²) in [6.45, 7) is 2.17. The van der Waals surface area contributed by atoms with Crippen LogP contribution >= 0.6 is 0 Å². The van der Waals surface area contributed by atoms with Gasteiger partial charge in [-0.15, -0.1) is 0 Å². The van der Waals surface area contributed by atoms with Gasteiger partial charge in [-0.25, -0.2) is 4.39 Å². The molecule has 3 nitrogen and oxygen atoms in total. The Kier molecular flexibility index (Phi) is 3.84. The standard InChI is InChI=1S/C14H17FO3/c1-3-18-14(16)7-10-5-4-9-6-13(17-2)12(15)8-11(9)10/h6,8,10H,3-5,7H2,1-2H3/t10-/m1/s1. The first-order valence-electron chi connectivity index (χ1n) is 6.17. The minimum Gasteiger partial charge on any atom is -0.494 e. The van der Waals surface area contributed by atoms with Gasteiger partial charge in [0.25, 0.3) is 0 Å². The van der Waals surface area contributed by atoms with Crippen LogP contribution in [0.4, 0.5) is 4.39 Å². The molecule has 1 aromatic rings. The van der Waals surface area contributed by atoms with Gasteiger partial charge < -0.3 is 9.47 Å². The third-order valence-electron chi connectivity index (χ3n) is 3.33. The van der Waals surface area contributed by atoms with Crippen molar-refractivity contribution in [3.05, 3.63) is 29.1 Å². The number of carbonyl (C=O) groups is 1. The van der Waals surface area contributed by atoms with Gasteiger partial charge in [0.15, 0.2) is 11.6 Å². The third-order valence-corrected chi connectivity index (χ3v) is 3.33. The second kappa shape index (κ2) is 5.38. The van der Waals surface area contributed by atoms with Crippen LogP contribution in [0.3, 0.4) is 0 Å². The van der Waals surface area contributed by atoms with Gasteiger partial charge in [0.2, 0.25) is 0 Å². The smallest absolute Gasteiger partial charge is 0.306 e. The van der Waals surface area contributed by atoms with Crippen LogP contribution in [0.25, 0.3) is 0 Å². The van der Waals surface area contributed by atoms with Crippen molar-refractivity contribution in [2.24, 2.45) is 0 Å². The van der Waals surface area contributed by atoms with Crippen molar-refractivity contribution in [2.75, 3.05) is 13.7 Å². The van der Waals surface area contributed by atoms with Crippen LogP contribution in [0.2, 0.25) is 0 Å². The van der Waals surface area contributed by atoms with Crippen molar-refractivity contribution in [1.82, 2.24) is 0 Å². The maximum absolute atomic E-state index is 13.7. The van der Waals surface area contributed by atoms with Crippen molar-refractivity contribution in [2.45, 2.75) is 32.1 Å². The Morgan fingerprint density at radius 1 is 1.50 bits per heavy atom. The highest BCUT2D eigenvalue weighted by Crippen LogP contribution is 2.38. The Bertz CT molecular complexity index is 457. The third kappa shape index (κ3) is 2.47. The Labute approximate surface area is 106 Å². The topological polar surface area (TPSA) is 35.5 Å². The molecule has 1 aromatic carbocycles. The van der Waals surface area contributed by atoms with E-state index in [0.29, 0.717) is 13.0 Å². The molecule has 98 valence electrons. The Hall–Kier alpha value is -1.58. The highest BCUT2D eigenvalue weighted by Gasteiger charge is 2.27. The highest BCUT2D eigenvalue weighted by atomic mass is 19.1. The number of hydrogen-bond donors (Lipinski definition) is 0. The van der Waals surface area contributed by atoms with Crippen LogP contribution in [0, 0.1) is 5.82 Å². The van der Waals surface area contributed by atoms with E-state index >= 15 is 0 Å². The van der Waals surface area contributed by atoms with E-state index in [2.05, 4.69) is 0 Å². The summed E-state index contributed by atoms with van der Waals surface area (Å²) in [6, 6.07) is 3.22. The van der Waals surface area contributed by atoms with Crippen LogP contribution in [-0.4, -0.2) is 19.7 Å². The molecule has 0 aliphatic heterocycles. The average Bonchev–Trinajstić information content (AvgIpc) is 2.71. The lowest BCUT2D eigenvalue weighted by atomic mass is 9.97. The summed E-state index contributed by atoms with van der Waals surface area (Å²) in [7, 11) is 1.45. The first-order valence-corrected chi connectivity index (χ1v) is 6.17. The lowest BCUT2D eigenvalue weighted by molar-refractivity contribution is -0.143. The van der Waals surface area contributed by atoms with Crippen LogP contribution in [0.1, 0.15) is 36.8 Å². The molecule has 0 radical (unpaired) electrons. The summed E-state index contributed by atoms with van der Waals surface area (Å²) >= 11 is 0. The van der Waals surface area contributed by atoms with Crippen molar-refractivity contribution in [1.29, 1.82) is 0 Å². The van der Waals surface area contributed by atoms with Crippen molar-refractivity contribution in [3.63, 3.8) is 0 Å². The van der Waals surface area contributed by atoms with E-state index in [1.165, 1.54) is 13.2 Å². The van der Waals surface area contributed by atoms with Gasteiger partial charge in [-0.05, 0) is 48.9 Å². The summed E-state index contributed by atoms with van der Waals surface area (Å²) < 4.78 is 23.6. The number of fused-ring (bicyclic) bond motifs is 1. The van der Waals surface area contributed by atoms with Crippen molar-refractivity contribution in [3.8, 4) is 5.75 Å². The number of ether oxygens (including phenoxy) is 2. The van der Waals surface area contributed by atoms with Gasteiger partial charge in [0.1, 0.15) is 0 Å². The molecule has 4 heteroatoms. The van der Waals surface area contributed by atoms with Gasteiger partial charge in [-0.2, -0.15) is 0 Å². The first-order chi connectivity index (χ1) is 8.65. The number of aryl methyl sites for hydroxylation is 1. The fraction of sp³-hybridized carbons (Fsp3) is 0.500. The van der Waals surface area contributed by atoms with Gasteiger partial charge in [0.05, 0.1) is 20.1 Å². The predicted octanol–water partition coefficient (Wildman–Crippen LogP) is 2.82. The van der Waals surface area contributed by atoms with Crippen LogP contribution in [0.15, 0.2) is 12.1 Å². The number of benzene rings is 1. The van der Waals surface area contributed by atoms with E-state index in [0.717, 1.165) is 24.0 Å². The maximum Gasteiger partial charge on any atom is 0.306 e. The van der Waals surface area contributed by atoms with Crippen LogP contribution < -0.4 is 4.74 Å². The fourth-order valence-corrected chi connectivity index (χ4v) is 2.48. The SMILES string of the molecule is CCOC(=O)C[C@H]1CCc2cc(OC)c(F)cc21. The van der Waals surface area contributed by atoms with E-state index in [1.54, 1.807) is 13.0 Å². The molecular formula is C14H17FO3. The first kappa shape index (κ1) is 12.9.